The second kappa shape index (κ2) is 10.5. The maximum absolute atomic E-state index is 13.1. The van der Waals surface area contributed by atoms with Crippen LogP contribution in [0.25, 0.3) is 11.1 Å². The van der Waals surface area contributed by atoms with Crippen LogP contribution in [0.15, 0.2) is 67.0 Å². The third-order valence-electron chi connectivity index (χ3n) is 6.24. The van der Waals surface area contributed by atoms with Crippen LogP contribution in [0.2, 0.25) is 0 Å². The zero-order valence-electron chi connectivity index (χ0n) is 19.5. The summed E-state index contributed by atoms with van der Waals surface area (Å²) in [5, 5.41) is 0. The topological polar surface area (TPSA) is 54.9 Å². The van der Waals surface area contributed by atoms with Gasteiger partial charge in [-0.1, -0.05) is 36.4 Å². The van der Waals surface area contributed by atoms with E-state index in [-0.39, 0.29) is 11.8 Å². The highest BCUT2D eigenvalue weighted by Gasteiger charge is 2.28. The second-order valence-electron chi connectivity index (χ2n) is 8.52. The van der Waals surface area contributed by atoms with E-state index in [4.69, 9.17) is 9.47 Å². The molecule has 1 fully saturated rings. The minimum Gasteiger partial charge on any atom is -0.493 e. The largest absolute Gasteiger partial charge is 0.493 e. The number of aromatic nitrogens is 1. The first-order valence-corrected chi connectivity index (χ1v) is 11.2. The molecule has 0 spiro atoms. The number of amides is 1. The average Bonchev–Trinajstić information content (AvgIpc) is 2.98. The summed E-state index contributed by atoms with van der Waals surface area (Å²) < 4.78 is 10.8. The number of likely N-dealkylation sites (N-methyl/N-ethyl adjacent to an activating group) is 1. The molecule has 4 rings (SSSR count). The molecule has 2 aromatic carbocycles. The molecule has 0 N–H and O–H groups in total. The number of pyridine rings is 1. The predicted octanol–water partition coefficient (Wildman–Crippen LogP) is 3.90. The average molecular weight is 446 g/mol. The van der Waals surface area contributed by atoms with Crippen molar-refractivity contribution in [3.63, 3.8) is 0 Å². The summed E-state index contributed by atoms with van der Waals surface area (Å²) in [6.07, 6.45) is 4.36. The molecule has 1 atom stereocenters. The summed E-state index contributed by atoms with van der Waals surface area (Å²) in [4.78, 5) is 21.5. The molecule has 0 aliphatic carbocycles. The lowest BCUT2D eigenvalue weighted by Crippen LogP contribution is -2.34. The molecule has 0 bridgehead atoms. The van der Waals surface area contributed by atoms with Gasteiger partial charge in [-0.15, -0.1) is 0 Å². The van der Waals surface area contributed by atoms with E-state index in [1.165, 1.54) is 5.56 Å². The molecule has 3 aromatic rings. The van der Waals surface area contributed by atoms with Gasteiger partial charge in [-0.05, 0) is 46.9 Å². The molecular weight excluding hydrogens is 414 g/mol. The van der Waals surface area contributed by atoms with Crippen LogP contribution in [0.1, 0.15) is 11.1 Å². The van der Waals surface area contributed by atoms with Crippen molar-refractivity contribution in [2.45, 2.75) is 13.0 Å². The van der Waals surface area contributed by atoms with Gasteiger partial charge >= 0.3 is 0 Å². The lowest BCUT2D eigenvalue weighted by Gasteiger charge is -2.23. The van der Waals surface area contributed by atoms with Crippen LogP contribution in [0.4, 0.5) is 0 Å². The van der Waals surface area contributed by atoms with E-state index in [2.05, 4.69) is 46.3 Å². The normalized spacial score (nSPS) is 17.0. The van der Waals surface area contributed by atoms with Crippen LogP contribution >= 0.6 is 0 Å². The molecule has 33 heavy (non-hydrogen) atoms. The van der Waals surface area contributed by atoms with Gasteiger partial charge in [0.25, 0.3) is 0 Å². The van der Waals surface area contributed by atoms with E-state index in [0.29, 0.717) is 0 Å². The Morgan fingerprint density at radius 1 is 0.939 bits per heavy atom. The zero-order valence-corrected chi connectivity index (χ0v) is 19.5. The highest BCUT2D eigenvalue weighted by molar-refractivity contribution is 5.79. The lowest BCUT2D eigenvalue weighted by atomic mass is 9.96. The Kier molecular flexibility index (Phi) is 7.25. The van der Waals surface area contributed by atoms with Crippen molar-refractivity contribution in [1.82, 2.24) is 14.8 Å². The first-order valence-electron chi connectivity index (χ1n) is 11.2. The summed E-state index contributed by atoms with van der Waals surface area (Å²) in [6, 6.07) is 18.5. The number of nitrogens with zero attached hydrogens (tertiary/aromatic N) is 3. The highest BCUT2D eigenvalue weighted by atomic mass is 16.5. The SMILES string of the molecule is COc1ccc(CN2CCN(C)C(=O)[C@@H](Cc3ccc(-c4cccnc4)cc3)C2)cc1OC. The smallest absolute Gasteiger partial charge is 0.227 e. The Bertz CT molecular complexity index is 1070. The fraction of sp³-hybridized carbons (Fsp3) is 0.333. The zero-order chi connectivity index (χ0) is 23.2. The molecule has 6 nitrogen and oxygen atoms in total. The van der Waals surface area contributed by atoms with E-state index < -0.39 is 0 Å². The number of benzene rings is 2. The van der Waals surface area contributed by atoms with E-state index in [1.54, 1.807) is 20.4 Å². The Morgan fingerprint density at radius 2 is 1.70 bits per heavy atom. The van der Waals surface area contributed by atoms with Crippen molar-refractivity contribution >= 4 is 5.91 Å². The van der Waals surface area contributed by atoms with Crippen molar-refractivity contribution in [3.8, 4) is 22.6 Å². The van der Waals surface area contributed by atoms with Crippen LogP contribution in [0.5, 0.6) is 11.5 Å². The van der Waals surface area contributed by atoms with Crippen LogP contribution in [0.3, 0.4) is 0 Å². The van der Waals surface area contributed by atoms with Crippen molar-refractivity contribution in [2.24, 2.45) is 5.92 Å². The molecule has 0 unspecified atom stereocenters. The van der Waals surface area contributed by atoms with Crippen LogP contribution in [-0.4, -0.2) is 61.6 Å². The third-order valence-corrected chi connectivity index (χ3v) is 6.24. The van der Waals surface area contributed by atoms with Crippen molar-refractivity contribution in [1.29, 1.82) is 0 Å². The molecule has 0 saturated carbocycles. The van der Waals surface area contributed by atoms with E-state index in [9.17, 15) is 4.79 Å². The van der Waals surface area contributed by atoms with Crippen molar-refractivity contribution in [2.75, 3.05) is 40.9 Å². The van der Waals surface area contributed by atoms with Gasteiger partial charge in [-0.25, -0.2) is 0 Å². The van der Waals surface area contributed by atoms with Gasteiger partial charge in [-0.2, -0.15) is 0 Å². The number of methoxy groups -OCH3 is 2. The van der Waals surface area contributed by atoms with E-state index >= 15 is 0 Å². The van der Waals surface area contributed by atoms with E-state index in [1.807, 2.05) is 36.3 Å². The number of ether oxygens (including phenoxy) is 2. The number of hydrogen-bond acceptors (Lipinski definition) is 5. The standard InChI is InChI=1S/C27H31N3O3/c1-29-13-14-30(18-21-8-11-25(32-2)26(16-21)33-3)19-24(27(29)31)15-20-6-9-22(10-7-20)23-5-4-12-28-17-23/h4-12,16-17,24H,13-15,18-19H2,1-3H3/t24-/m0/s1. The quantitative estimate of drug-likeness (QED) is 0.552. The van der Waals surface area contributed by atoms with Crippen LogP contribution < -0.4 is 9.47 Å². The molecule has 6 heteroatoms. The summed E-state index contributed by atoms with van der Waals surface area (Å²) >= 11 is 0. The number of hydrogen-bond donors (Lipinski definition) is 0. The molecule has 0 radical (unpaired) electrons. The molecule has 1 aromatic heterocycles. The molecule has 1 aliphatic rings. The molecule has 172 valence electrons. The number of carbonyl (C=O) groups excluding carboxylic acids is 1. The summed E-state index contributed by atoms with van der Waals surface area (Å²) in [6.45, 7) is 3.05. The van der Waals surface area contributed by atoms with E-state index in [0.717, 1.165) is 60.8 Å². The molecule has 1 amide bonds. The fourth-order valence-electron chi connectivity index (χ4n) is 4.38. The summed E-state index contributed by atoms with van der Waals surface area (Å²) in [7, 11) is 5.19. The molecule has 2 heterocycles. The van der Waals surface area contributed by atoms with Crippen LogP contribution in [-0.2, 0) is 17.8 Å². The van der Waals surface area contributed by atoms with Gasteiger partial charge in [0.2, 0.25) is 5.91 Å². The number of carbonyl (C=O) groups is 1. The number of rotatable bonds is 7. The predicted molar refractivity (Wildman–Crippen MR) is 129 cm³/mol. The fourth-order valence-corrected chi connectivity index (χ4v) is 4.38. The minimum atomic E-state index is -0.0816. The molecule has 1 aliphatic heterocycles. The summed E-state index contributed by atoms with van der Waals surface area (Å²) in [5.74, 6) is 1.57. The van der Waals surface area contributed by atoms with Gasteiger partial charge in [0, 0.05) is 45.6 Å². The van der Waals surface area contributed by atoms with Gasteiger partial charge < -0.3 is 14.4 Å². The summed E-state index contributed by atoms with van der Waals surface area (Å²) in [5.41, 5.74) is 4.54. The van der Waals surface area contributed by atoms with Gasteiger partial charge in [0.15, 0.2) is 11.5 Å². The molecular formula is C27H31N3O3. The Balaban J connectivity index is 1.47. The highest BCUT2D eigenvalue weighted by Crippen LogP contribution is 2.28. The van der Waals surface area contributed by atoms with Gasteiger partial charge in [-0.3, -0.25) is 14.7 Å². The Hall–Kier alpha value is -3.38. The monoisotopic (exact) mass is 445 g/mol. The first kappa shape index (κ1) is 22.8. The second-order valence-corrected chi connectivity index (χ2v) is 8.52. The third kappa shape index (κ3) is 5.52. The van der Waals surface area contributed by atoms with Crippen molar-refractivity contribution in [3.05, 3.63) is 78.1 Å². The maximum Gasteiger partial charge on any atom is 0.227 e. The Labute approximate surface area is 195 Å². The minimum absolute atomic E-state index is 0.0816. The maximum atomic E-state index is 13.1. The van der Waals surface area contributed by atoms with Crippen LogP contribution in [0, 0.1) is 5.92 Å². The van der Waals surface area contributed by atoms with Gasteiger partial charge in [0.05, 0.1) is 20.1 Å². The van der Waals surface area contributed by atoms with Crippen molar-refractivity contribution < 1.29 is 14.3 Å². The first-order chi connectivity index (χ1) is 16.1. The van der Waals surface area contributed by atoms with Gasteiger partial charge in [0.1, 0.15) is 0 Å². The molecule has 1 saturated heterocycles. The Morgan fingerprint density at radius 3 is 2.39 bits per heavy atom. The lowest BCUT2D eigenvalue weighted by molar-refractivity contribution is -0.133.